The molecule has 1 N–H and O–H groups in total. The van der Waals surface area contributed by atoms with Crippen LogP contribution in [0.5, 0.6) is 0 Å². The summed E-state index contributed by atoms with van der Waals surface area (Å²) in [6.45, 7) is 0. The van der Waals surface area contributed by atoms with Gasteiger partial charge in [0, 0.05) is 0 Å². The summed E-state index contributed by atoms with van der Waals surface area (Å²) >= 11 is -2.47. The summed E-state index contributed by atoms with van der Waals surface area (Å²) < 4.78 is 11.4. The number of hydrogen-bond donors (Lipinski definition) is 1. The fraction of sp³-hybridized carbons (Fsp3) is 0.643. The third kappa shape index (κ3) is 15.3. The van der Waals surface area contributed by atoms with Gasteiger partial charge in [-0.2, -0.15) is 0 Å². The van der Waals surface area contributed by atoms with Gasteiger partial charge in [-0.15, -0.1) is 0 Å². The minimum Gasteiger partial charge on any atom is -0.481 e. The van der Waals surface area contributed by atoms with Gasteiger partial charge in [0.25, 0.3) is 0 Å². The Bertz CT molecular complexity index is 326. The molecule has 0 aliphatic carbocycles. The van der Waals surface area contributed by atoms with Gasteiger partial charge in [-0.05, 0) is 0 Å². The minimum atomic E-state index is -2.47. The molecule has 0 aliphatic heterocycles. The second-order valence-corrected chi connectivity index (χ2v) is 12.3. The van der Waals surface area contributed by atoms with E-state index in [0.29, 0.717) is 0 Å². The standard InChI is InChI=1S/C14H25AsO3/c1-15(2,18)13-11-9-7-5-3-4-6-8-10-12-14(16)17/h3,5,9,11H,4,6-8,10,12-13H2,1-2H3,(H,16,17)/b5-3-,11-9-. The third-order valence-electron chi connectivity index (χ3n) is 2.41. The summed E-state index contributed by atoms with van der Waals surface area (Å²) in [4.78, 5) is 10.3. The van der Waals surface area contributed by atoms with E-state index in [2.05, 4.69) is 18.2 Å². The Kier molecular flexibility index (Phi) is 9.86. The van der Waals surface area contributed by atoms with Crippen LogP contribution in [0.25, 0.3) is 0 Å². The van der Waals surface area contributed by atoms with Gasteiger partial charge in [-0.3, -0.25) is 4.79 Å². The fourth-order valence-electron chi connectivity index (χ4n) is 1.43. The molecule has 0 radical (unpaired) electrons. The molecule has 0 unspecified atom stereocenters. The zero-order valence-electron chi connectivity index (χ0n) is 11.5. The second kappa shape index (κ2) is 10.3. The van der Waals surface area contributed by atoms with Crippen LogP contribution >= 0.6 is 0 Å². The van der Waals surface area contributed by atoms with Gasteiger partial charge < -0.3 is 5.11 Å². The maximum atomic E-state index is 11.4. The van der Waals surface area contributed by atoms with Gasteiger partial charge in [0.15, 0.2) is 0 Å². The average molecular weight is 316 g/mol. The third-order valence-corrected chi connectivity index (χ3v) is 4.70. The number of carboxylic acid groups (broad SMARTS) is 1. The topological polar surface area (TPSA) is 54.4 Å². The predicted octanol–water partition coefficient (Wildman–Crippen LogP) is 4.16. The summed E-state index contributed by atoms with van der Waals surface area (Å²) in [5.74, 6) is -0.707. The van der Waals surface area contributed by atoms with E-state index in [4.69, 9.17) is 5.11 Å². The van der Waals surface area contributed by atoms with Crippen LogP contribution < -0.4 is 0 Å². The van der Waals surface area contributed by atoms with E-state index in [9.17, 15) is 8.53 Å². The molecule has 0 amide bonds. The van der Waals surface area contributed by atoms with E-state index in [1.165, 1.54) is 0 Å². The molecule has 18 heavy (non-hydrogen) atoms. The molecular weight excluding hydrogens is 291 g/mol. The molecule has 0 saturated carbocycles. The van der Waals surface area contributed by atoms with Crippen molar-refractivity contribution in [2.75, 3.05) is 0 Å². The first kappa shape index (κ1) is 17.3. The molecule has 0 atom stereocenters. The molecule has 0 aromatic carbocycles. The van der Waals surface area contributed by atoms with E-state index in [1.807, 2.05) is 17.5 Å². The van der Waals surface area contributed by atoms with Gasteiger partial charge in [-0.1, -0.05) is 0 Å². The number of hydrogen-bond acceptors (Lipinski definition) is 2. The molecule has 0 spiro atoms. The molecule has 0 saturated heterocycles. The maximum absolute atomic E-state index is 11.4. The normalized spacial score (nSPS) is 12.6. The van der Waals surface area contributed by atoms with E-state index in [0.717, 1.165) is 37.3 Å². The van der Waals surface area contributed by atoms with Gasteiger partial charge >= 0.3 is 103 Å². The summed E-state index contributed by atoms with van der Waals surface area (Å²) in [6.07, 6.45) is 13.3. The summed E-state index contributed by atoms with van der Waals surface area (Å²) in [7, 11) is 0. The first-order valence-electron chi connectivity index (χ1n) is 6.47. The Balaban J connectivity index is 3.39. The molecule has 104 valence electrons. The van der Waals surface area contributed by atoms with Crippen LogP contribution in [0.1, 0.15) is 38.5 Å². The van der Waals surface area contributed by atoms with Crippen LogP contribution in [0.15, 0.2) is 24.3 Å². The van der Waals surface area contributed by atoms with Gasteiger partial charge in [0.1, 0.15) is 0 Å². The van der Waals surface area contributed by atoms with Crippen molar-refractivity contribution < 1.29 is 13.6 Å². The van der Waals surface area contributed by atoms with Crippen molar-refractivity contribution in [2.45, 2.75) is 55.2 Å². The second-order valence-electron chi connectivity index (χ2n) is 4.93. The molecule has 0 aromatic heterocycles. The monoisotopic (exact) mass is 316 g/mol. The average Bonchev–Trinajstić information content (AvgIpc) is 2.24. The van der Waals surface area contributed by atoms with Crippen LogP contribution in [-0.4, -0.2) is 24.6 Å². The molecular formula is C14H25AsO3. The van der Waals surface area contributed by atoms with Crippen LogP contribution in [0.3, 0.4) is 0 Å². The van der Waals surface area contributed by atoms with Gasteiger partial charge in [0.2, 0.25) is 0 Å². The first-order chi connectivity index (χ1) is 8.42. The quantitative estimate of drug-likeness (QED) is 0.374. The molecule has 0 bridgehead atoms. The van der Waals surface area contributed by atoms with Crippen molar-refractivity contribution in [2.24, 2.45) is 0 Å². The van der Waals surface area contributed by atoms with E-state index in [-0.39, 0.29) is 6.42 Å². The molecule has 0 heterocycles. The molecule has 0 fully saturated rings. The fourth-order valence-corrected chi connectivity index (χ4v) is 2.81. The summed E-state index contributed by atoms with van der Waals surface area (Å²) in [5, 5.41) is 9.19. The molecule has 0 aliphatic rings. The number of aliphatic carboxylic acids is 1. The van der Waals surface area contributed by atoms with E-state index in [1.54, 1.807) is 0 Å². The zero-order chi connectivity index (χ0) is 13.9. The Morgan fingerprint density at radius 3 is 2.33 bits per heavy atom. The summed E-state index contributed by atoms with van der Waals surface area (Å²) in [6, 6.07) is 0. The number of carboxylic acids is 1. The number of rotatable bonds is 10. The van der Waals surface area contributed by atoms with Crippen molar-refractivity contribution in [3.63, 3.8) is 0 Å². The van der Waals surface area contributed by atoms with Gasteiger partial charge in [0.05, 0.1) is 0 Å². The SMILES string of the molecule is C[As](C)(=O)C/C=C\C/C=C\CCCCCC(=O)O. The minimum absolute atomic E-state index is 0.280. The molecule has 4 heteroatoms. The number of unbranched alkanes of at least 4 members (excludes halogenated alkanes) is 3. The predicted molar refractivity (Wildman–Crippen MR) is 76.6 cm³/mol. The Hall–Kier alpha value is -0.692. The molecule has 3 nitrogen and oxygen atoms in total. The van der Waals surface area contributed by atoms with Crippen molar-refractivity contribution in [1.82, 2.24) is 0 Å². The first-order valence-corrected chi connectivity index (χ1v) is 12.3. The smallest absolute Gasteiger partial charge is 0.481 e. The Labute approximate surface area is 113 Å². The number of carbonyl (C=O) groups is 1. The zero-order valence-corrected chi connectivity index (χ0v) is 13.3. The van der Waals surface area contributed by atoms with Crippen molar-refractivity contribution in [3.05, 3.63) is 24.3 Å². The number of allylic oxidation sites excluding steroid dienone is 4. The van der Waals surface area contributed by atoms with Crippen molar-refractivity contribution in [1.29, 1.82) is 0 Å². The van der Waals surface area contributed by atoms with E-state index >= 15 is 0 Å². The van der Waals surface area contributed by atoms with Crippen molar-refractivity contribution >= 4 is 19.5 Å². The van der Waals surface area contributed by atoms with Crippen LogP contribution in [0.4, 0.5) is 0 Å². The van der Waals surface area contributed by atoms with Crippen LogP contribution in [-0.2, 0) is 8.53 Å². The molecule has 0 aromatic rings. The van der Waals surface area contributed by atoms with Crippen LogP contribution in [0, 0.1) is 0 Å². The van der Waals surface area contributed by atoms with Crippen molar-refractivity contribution in [3.8, 4) is 0 Å². The summed E-state index contributed by atoms with van der Waals surface area (Å²) in [5.41, 5.74) is 3.71. The molecule has 0 rings (SSSR count). The Morgan fingerprint density at radius 1 is 1.06 bits per heavy atom. The Morgan fingerprint density at radius 2 is 1.72 bits per heavy atom. The van der Waals surface area contributed by atoms with E-state index < -0.39 is 19.5 Å². The van der Waals surface area contributed by atoms with Gasteiger partial charge in [-0.25, -0.2) is 0 Å². The van der Waals surface area contributed by atoms with Crippen LogP contribution in [0.2, 0.25) is 16.6 Å².